The van der Waals surface area contributed by atoms with E-state index in [1.807, 2.05) is 19.1 Å². The lowest BCUT2D eigenvalue weighted by atomic mass is 10.2. The monoisotopic (exact) mass is 257 g/mol. The van der Waals surface area contributed by atoms with Gasteiger partial charge in [0.1, 0.15) is 29.6 Å². The molecular weight excluding hydrogens is 242 g/mol. The molecule has 0 bridgehead atoms. The van der Waals surface area contributed by atoms with Gasteiger partial charge in [-0.2, -0.15) is 10.5 Å². The largest absolute Gasteiger partial charge is 0.486 e. The lowest BCUT2D eigenvalue weighted by molar-refractivity contribution is 0.0925. The van der Waals surface area contributed by atoms with Crippen molar-refractivity contribution in [3.8, 4) is 17.9 Å². The van der Waals surface area contributed by atoms with Gasteiger partial charge in [0.2, 0.25) is 0 Å². The number of ether oxygens (including phenoxy) is 2. The van der Waals surface area contributed by atoms with Gasteiger partial charge in [-0.3, -0.25) is 0 Å². The minimum absolute atomic E-state index is 0.000238. The van der Waals surface area contributed by atoms with Crippen LogP contribution in [-0.4, -0.2) is 19.8 Å². The second kappa shape index (κ2) is 7.75. The van der Waals surface area contributed by atoms with Crippen molar-refractivity contribution in [3.63, 3.8) is 0 Å². The summed E-state index contributed by atoms with van der Waals surface area (Å²) in [4.78, 5) is 0. The number of anilines is 1. The lowest BCUT2D eigenvalue weighted by Crippen LogP contribution is -2.18. The van der Waals surface area contributed by atoms with Crippen molar-refractivity contribution in [1.82, 2.24) is 0 Å². The molecule has 0 heterocycles. The fraction of sp³-hybridized carbons (Fsp3) is 0.286. The maximum atomic E-state index is 8.66. The Morgan fingerprint density at radius 1 is 1.37 bits per heavy atom. The smallest absolute Gasteiger partial charge is 0.145 e. The molecular formula is C14H15N3O2. The van der Waals surface area contributed by atoms with E-state index in [-0.39, 0.29) is 11.7 Å². The molecule has 1 aromatic rings. The highest BCUT2D eigenvalue weighted by Gasteiger charge is 2.07. The number of para-hydroxylation sites is 2. The molecule has 5 heteroatoms. The Morgan fingerprint density at radius 3 is 2.68 bits per heavy atom. The first-order chi connectivity index (χ1) is 9.21. The summed E-state index contributed by atoms with van der Waals surface area (Å²) in [7, 11) is 1.61. The van der Waals surface area contributed by atoms with Crippen LogP contribution in [0.25, 0.3) is 0 Å². The zero-order chi connectivity index (χ0) is 14.1. The van der Waals surface area contributed by atoms with E-state index < -0.39 is 0 Å². The second-order valence-electron chi connectivity index (χ2n) is 3.81. The standard InChI is InChI=1S/C14H15N3O2/c1-11(10-18-2)19-14-6-4-3-5-13(14)17-9-12(7-15)8-16/h3-6,9,11,17H,10H2,1-2H3. The van der Waals surface area contributed by atoms with Crippen LogP contribution in [0.4, 0.5) is 5.69 Å². The Bertz CT molecular complexity index is 510. The predicted octanol–water partition coefficient (Wildman–Crippen LogP) is 2.44. The summed E-state index contributed by atoms with van der Waals surface area (Å²) in [6.07, 6.45) is 1.26. The highest BCUT2D eigenvalue weighted by Crippen LogP contribution is 2.25. The number of allylic oxidation sites excluding steroid dienone is 1. The van der Waals surface area contributed by atoms with E-state index in [1.165, 1.54) is 6.20 Å². The van der Waals surface area contributed by atoms with Crippen LogP contribution in [0.3, 0.4) is 0 Å². The second-order valence-corrected chi connectivity index (χ2v) is 3.81. The van der Waals surface area contributed by atoms with Gasteiger partial charge in [-0.1, -0.05) is 12.1 Å². The number of hydrogen-bond donors (Lipinski definition) is 1. The fourth-order valence-electron chi connectivity index (χ4n) is 1.41. The van der Waals surface area contributed by atoms with E-state index in [1.54, 1.807) is 31.4 Å². The van der Waals surface area contributed by atoms with Gasteiger partial charge in [-0.05, 0) is 19.1 Å². The van der Waals surface area contributed by atoms with Gasteiger partial charge in [0.25, 0.3) is 0 Å². The van der Waals surface area contributed by atoms with E-state index in [4.69, 9.17) is 20.0 Å². The normalized spacial score (nSPS) is 10.7. The molecule has 1 unspecified atom stereocenters. The van der Waals surface area contributed by atoms with Crippen LogP contribution < -0.4 is 10.1 Å². The van der Waals surface area contributed by atoms with Crippen LogP contribution in [0.1, 0.15) is 6.92 Å². The quantitative estimate of drug-likeness (QED) is 0.792. The van der Waals surface area contributed by atoms with Crippen molar-refractivity contribution < 1.29 is 9.47 Å². The number of nitrogens with zero attached hydrogens (tertiary/aromatic N) is 2. The molecule has 1 N–H and O–H groups in total. The summed E-state index contributed by atoms with van der Waals surface area (Å²) in [6, 6.07) is 10.9. The summed E-state index contributed by atoms with van der Waals surface area (Å²) < 4.78 is 10.7. The first-order valence-electron chi connectivity index (χ1n) is 5.72. The molecule has 0 fully saturated rings. The Kier molecular flexibility index (Phi) is 5.94. The highest BCUT2D eigenvalue weighted by atomic mass is 16.5. The third-order valence-electron chi connectivity index (χ3n) is 2.23. The van der Waals surface area contributed by atoms with Gasteiger partial charge in [-0.15, -0.1) is 0 Å². The average molecular weight is 257 g/mol. The number of benzene rings is 1. The van der Waals surface area contributed by atoms with Crippen molar-refractivity contribution in [2.24, 2.45) is 0 Å². The number of methoxy groups -OCH3 is 1. The molecule has 0 saturated heterocycles. The maximum absolute atomic E-state index is 8.66. The third-order valence-corrected chi connectivity index (χ3v) is 2.23. The van der Waals surface area contributed by atoms with Crippen molar-refractivity contribution in [2.75, 3.05) is 19.0 Å². The summed E-state index contributed by atoms with van der Waals surface area (Å²) in [5, 5.41) is 20.2. The SMILES string of the molecule is COCC(C)Oc1ccccc1NC=C(C#N)C#N. The topological polar surface area (TPSA) is 78.1 Å². The van der Waals surface area contributed by atoms with Crippen LogP contribution in [0.15, 0.2) is 36.0 Å². The zero-order valence-corrected chi connectivity index (χ0v) is 10.9. The number of nitrogens with one attached hydrogen (secondary N) is 1. The van der Waals surface area contributed by atoms with Crippen molar-refractivity contribution in [1.29, 1.82) is 10.5 Å². The van der Waals surface area contributed by atoms with Gasteiger partial charge in [0, 0.05) is 13.3 Å². The molecule has 0 aliphatic heterocycles. The Hall–Kier alpha value is -2.50. The van der Waals surface area contributed by atoms with E-state index >= 15 is 0 Å². The first-order valence-corrected chi connectivity index (χ1v) is 5.72. The highest BCUT2D eigenvalue weighted by molar-refractivity contribution is 5.59. The Balaban J connectivity index is 2.82. The average Bonchev–Trinajstić information content (AvgIpc) is 2.42. The van der Waals surface area contributed by atoms with E-state index in [9.17, 15) is 0 Å². The molecule has 98 valence electrons. The van der Waals surface area contributed by atoms with E-state index in [0.717, 1.165) is 0 Å². The molecule has 0 amide bonds. The molecule has 0 saturated carbocycles. The summed E-state index contributed by atoms with van der Waals surface area (Å²) in [6.45, 7) is 2.37. The molecule has 0 radical (unpaired) electrons. The number of rotatable bonds is 6. The van der Waals surface area contributed by atoms with Crippen molar-refractivity contribution in [3.05, 3.63) is 36.0 Å². The van der Waals surface area contributed by atoms with Crippen LogP contribution in [0.2, 0.25) is 0 Å². The zero-order valence-electron chi connectivity index (χ0n) is 10.9. The van der Waals surface area contributed by atoms with E-state index in [2.05, 4.69) is 5.32 Å². The summed E-state index contributed by atoms with van der Waals surface area (Å²) in [5.41, 5.74) is 0.688. The van der Waals surface area contributed by atoms with Crippen LogP contribution in [-0.2, 0) is 4.74 Å². The minimum atomic E-state index is -0.0941. The van der Waals surface area contributed by atoms with Crippen molar-refractivity contribution in [2.45, 2.75) is 13.0 Å². The van der Waals surface area contributed by atoms with Gasteiger partial charge in [-0.25, -0.2) is 0 Å². The molecule has 1 rings (SSSR count). The van der Waals surface area contributed by atoms with Gasteiger partial charge < -0.3 is 14.8 Å². The summed E-state index contributed by atoms with van der Waals surface area (Å²) in [5.74, 6) is 0.638. The molecule has 19 heavy (non-hydrogen) atoms. The van der Waals surface area contributed by atoms with Crippen LogP contribution >= 0.6 is 0 Å². The first kappa shape index (κ1) is 14.6. The molecule has 0 aliphatic carbocycles. The molecule has 5 nitrogen and oxygen atoms in total. The predicted molar refractivity (Wildman–Crippen MR) is 71.3 cm³/mol. The molecule has 0 spiro atoms. The van der Waals surface area contributed by atoms with Crippen molar-refractivity contribution >= 4 is 5.69 Å². The summed E-state index contributed by atoms with van der Waals surface area (Å²) >= 11 is 0. The van der Waals surface area contributed by atoms with E-state index in [0.29, 0.717) is 18.0 Å². The molecule has 0 aromatic heterocycles. The Morgan fingerprint density at radius 2 is 2.05 bits per heavy atom. The van der Waals surface area contributed by atoms with Gasteiger partial charge in [0.05, 0.1) is 12.3 Å². The number of nitriles is 2. The minimum Gasteiger partial charge on any atom is -0.486 e. The molecule has 1 atom stereocenters. The molecule has 1 aromatic carbocycles. The number of hydrogen-bond acceptors (Lipinski definition) is 5. The van der Waals surface area contributed by atoms with Gasteiger partial charge in [0.15, 0.2) is 0 Å². The van der Waals surface area contributed by atoms with Crippen LogP contribution in [0, 0.1) is 22.7 Å². The Labute approximate surface area is 112 Å². The van der Waals surface area contributed by atoms with Crippen LogP contribution in [0.5, 0.6) is 5.75 Å². The molecule has 0 aliphatic rings. The fourth-order valence-corrected chi connectivity index (χ4v) is 1.41. The van der Waals surface area contributed by atoms with Gasteiger partial charge >= 0.3 is 0 Å². The third kappa shape index (κ3) is 4.71. The maximum Gasteiger partial charge on any atom is 0.145 e. The lowest BCUT2D eigenvalue weighted by Gasteiger charge is -2.16.